The van der Waals surface area contributed by atoms with Gasteiger partial charge in [-0.15, -0.1) is 0 Å². The summed E-state index contributed by atoms with van der Waals surface area (Å²) in [6.07, 6.45) is 4.58. The molecule has 0 spiro atoms. The summed E-state index contributed by atoms with van der Waals surface area (Å²) in [7, 11) is 0. The third kappa shape index (κ3) is 2.97. The van der Waals surface area contributed by atoms with Crippen molar-refractivity contribution in [3.8, 4) is 0 Å². The van der Waals surface area contributed by atoms with Crippen LogP contribution < -0.4 is 5.32 Å². The molecule has 0 radical (unpaired) electrons. The fourth-order valence-electron chi connectivity index (χ4n) is 2.66. The van der Waals surface area contributed by atoms with Crippen LogP contribution in [0.25, 0.3) is 0 Å². The maximum absolute atomic E-state index is 12.2. The first-order valence-electron chi connectivity index (χ1n) is 6.43. The third-order valence-electron chi connectivity index (χ3n) is 3.69. The van der Waals surface area contributed by atoms with E-state index in [1.54, 1.807) is 4.90 Å². The molecule has 2 atom stereocenters. The highest BCUT2D eigenvalue weighted by atomic mass is 16.4. The molecule has 0 aromatic heterocycles. The summed E-state index contributed by atoms with van der Waals surface area (Å²) < 4.78 is 0. The summed E-state index contributed by atoms with van der Waals surface area (Å²) in [5.74, 6) is -1.06. The van der Waals surface area contributed by atoms with Crippen LogP contribution in [0.1, 0.15) is 32.1 Å². The number of carbonyl (C=O) groups excluding carboxylic acids is 1. The summed E-state index contributed by atoms with van der Waals surface area (Å²) in [5, 5.41) is 12.2. The van der Waals surface area contributed by atoms with Gasteiger partial charge in [0.15, 0.2) is 0 Å². The molecule has 1 unspecified atom stereocenters. The van der Waals surface area contributed by atoms with E-state index in [2.05, 4.69) is 5.32 Å². The smallest absolute Gasteiger partial charge is 0.308 e. The number of hydrogen-bond donors (Lipinski definition) is 2. The molecule has 0 aromatic rings. The molecular formula is C12H20N2O3. The van der Waals surface area contributed by atoms with Crippen molar-refractivity contribution in [2.24, 2.45) is 5.92 Å². The molecule has 2 saturated heterocycles. The molecule has 5 heteroatoms. The van der Waals surface area contributed by atoms with E-state index in [9.17, 15) is 9.59 Å². The number of carboxylic acid groups (broad SMARTS) is 1. The summed E-state index contributed by atoms with van der Waals surface area (Å²) in [4.78, 5) is 24.9. The molecule has 2 aliphatic rings. The number of nitrogens with zero attached hydrogens (tertiary/aromatic N) is 1. The zero-order valence-electron chi connectivity index (χ0n) is 10.0. The van der Waals surface area contributed by atoms with E-state index in [-0.39, 0.29) is 17.9 Å². The fraction of sp³-hybridized carbons (Fsp3) is 0.833. The molecule has 5 nitrogen and oxygen atoms in total. The number of amides is 1. The Labute approximate surface area is 101 Å². The normalized spacial score (nSPS) is 30.0. The molecule has 17 heavy (non-hydrogen) atoms. The Morgan fingerprint density at radius 3 is 2.65 bits per heavy atom. The van der Waals surface area contributed by atoms with Gasteiger partial charge in [-0.3, -0.25) is 9.59 Å². The van der Waals surface area contributed by atoms with Gasteiger partial charge in [0.1, 0.15) is 0 Å². The van der Waals surface area contributed by atoms with Crippen LogP contribution in [-0.4, -0.2) is 47.6 Å². The van der Waals surface area contributed by atoms with Crippen molar-refractivity contribution in [3.05, 3.63) is 0 Å². The van der Waals surface area contributed by atoms with Crippen molar-refractivity contribution < 1.29 is 14.7 Å². The van der Waals surface area contributed by atoms with E-state index < -0.39 is 5.97 Å². The molecule has 0 aliphatic carbocycles. The SMILES string of the molecule is O=C(O)C1CCCN(C(=O)[C@H]2CCCCN2)C1. The van der Waals surface area contributed by atoms with Crippen LogP contribution in [0.4, 0.5) is 0 Å². The molecule has 2 rings (SSSR count). The fourth-order valence-corrected chi connectivity index (χ4v) is 2.66. The first kappa shape index (κ1) is 12.4. The van der Waals surface area contributed by atoms with E-state index in [1.165, 1.54) is 0 Å². The van der Waals surface area contributed by atoms with Crippen LogP contribution in [0, 0.1) is 5.92 Å². The molecule has 2 aliphatic heterocycles. The first-order valence-corrected chi connectivity index (χ1v) is 6.43. The number of rotatable bonds is 2. The highest BCUT2D eigenvalue weighted by molar-refractivity contribution is 5.83. The topological polar surface area (TPSA) is 69.6 Å². The van der Waals surface area contributed by atoms with Gasteiger partial charge in [-0.25, -0.2) is 0 Å². The molecule has 0 aromatic carbocycles. The lowest BCUT2D eigenvalue weighted by Crippen LogP contribution is -2.52. The van der Waals surface area contributed by atoms with E-state index in [0.29, 0.717) is 19.5 Å². The molecule has 0 bridgehead atoms. The second-order valence-corrected chi connectivity index (χ2v) is 4.96. The summed E-state index contributed by atoms with van der Waals surface area (Å²) >= 11 is 0. The minimum atomic E-state index is -0.779. The number of carbonyl (C=O) groups is 2. The monoisotopic (exact) mass is 240 g/mol. The summed E-state index contributed by atoms with van der Waals surface area (Å²) in [6.45, 7) is 1.99. The van der Waals surface area contributed by atoms with Gasteiger partial charge in [-0.1, -0.05) is 6.42 Å². The van der Waals surface area contributed by atoms with Crippen LogP contribution in [0.2, 0.25) is 0 Å². The van der Waals surface area contributed by atoms with Crippen LogP contribution in [0.5, 0.6) is 0 Å². The standard InChI is InChI=1S/C12H20N2O3/c15-11(10-5-1-2-6-13-10)14-7-3-4-9(8-14)12(16)17/h9-10,13H,1-8H2,(H,16,17)/t9?,10-/m1/s1. The molecule has 2 heterocycles. The van der Waals surface area contributed by atoms with Gasteiger partial charge in [0, 0.05) is 13.1 Å². The number of carboxylic acids is 1. The highest BCUT2D eigenvalue weighted by Gasteiger charge is 2.31. The van der Waals surface area contributed by atoms with Crippen LogP contribution in [0.3, 0.4) is 0 Å². The average molecular weight is 240 g/mol. The van der Waals surface area contributed by atoms with Crippen molar-refractivity contribution in [1.29, 1.82) is 0 Å². The maximum Gasteiger partial charge on any atom is 0.308 e. The number of likely N-dealkylation sites (tertiary alicyclic amines) is 1. The van der Waals surface area contributed by atoms with Crippen molar-refractivity contribution in [1.82, 2.24) is 10.2 Å². The lowest BCUT2D eigenvalue weighted by atomic mass is 9.96. The van der Waals surface area contributed by atoms with Gasteiger partial charge in [-0.2, -0.15) is 0 Å². The van der Waals surface area contributed by atoms with E-state index in [4.69, 9.17) is 5.11 Å². The van der Waals surface area contributed by atoms with E-state index in [1.807, 2.05) is 0 Å². The lowest BCUT2D eigenvalue weighted by molar-refractivity contribution is -0.146. The van der Waals surface area contributed by atoms with Crippen LogP contribution in [0.15, 0.2) is 0 Å². The van der Waals surface area contributed by atoms with Gasteiger partial charge >= 0.3 is 5.97 Å². The predicted octanol–water partition coefficient (Wildman–Crippen LogP) is 0.452. The molecule has 96 valence electrons. The van der Waals surface area contributed by atoms with Crippen molar-refractivity contribution >= 4 is 11.9 Å². The Balaban J connectivity index is 1.91. The van der Waals surface area contributed by atoms with E-state index >= 15 is 0 Å². The van der Waals surface area contributed by atoms with Crippen LogP contribution in [-0.2, 0) is 9.59 Å². The number of hydrogen-bond acceptors (Lipinski definition) is 3. The lowest BCUT2D eigenvalue weighted by Gasteiger charge is -2.34. The first-order chi connectivity index (χ1) is 8.18. The number of aliphatic carboxylic acids is 1. The Morgan fingerprint density at radius 2 is 2.00 bits per heavy atom. The second-order valence-electron chi connectivity index (χ2n) is 4.96. The number of nitrogens with one attached hydrogen (secondary N) is 1. The third-order valence-corrected chi connectivity index (χ3v) is 3.69. The predicted molar refractivity (Wildman–Crippen MR) is 62.6 cm³/mol. The zero-order valence-corrected chi connectivity index (χ0v) is 10.0. The second kappa shape index (κ2) is 5.49. The molecular weight excluding hydrogens is 220 g/mol. The minimum absolute atomic E-state index is 0.0868. The van der Waals surface area contributed by atoms with Gasteiger partial charge in [-0.05, 0) is 32.2 Å². The Morgan fingerprint density at radius 1 is 1.18 bits per heavy atom. The molecule has 1 amide bonds. The summed E-state index contributed by atoms with van der Waals surface area (Å²) in [6, 6.07) is -0.0868. The molecule has 2 N–H and O–H groups in total. The largest absolute Gasteiger partial charge is 0.481 e. The zero-order chi connectivity index (χ0) is 12.3. The Hall–Kier alpha value is -1.10. The van der Waals surface area contributed by atoms with Gasteiger partial charge in [0.05, 0.1) is 12.0 Å². The van der Waals surface area contributed by atoms with E-state index in [0.717, 1.165) is 32.2 Å². The van der Waals surface area contributed by atoms with Crippen molar-refractivity contribution in [2.75, 3.05) is 19.6 Å². The minimum Gasteiger partial charge on any atom is -0.481 e. The Kier molecular flexibility index (Phi) is 3.99. The molecule has 2 fully saturated rings. The highest BCUT2D eigenvalue weighted by Crippen LogP contribution is 2.19. The average Bonchev–Trinajstić information content (AvgIpc) is 2.39. The molecule has 0 saturated carbocycles. The van der Waals surface area contributed by atoms with Gasteiger partial charge in [0.2, 0.25) is 5.91 Å². The Bertz CT molecular complexity index is 300. The summed E-state index contributed by atoms with van der Waals surface area (Å²) in [5.41, 5.74) is 0. The number of piperidine rings is 2. The van der Waals surface area contributed by atoms with Crippen molar-refractivity contribution in [3.63, 3.8) is 0 Å². The van der Waals surface area contributed by atoms with Crippen molar-refractivity contribution in [2.45, 2.75) is 38.1 Å². The van der Waals surface area contributed by atoms with Crippen LogP contribution >= 0.6 is 0 Å². The van der Waals surface area contributed by atoms with Gasteiger partial charge < -0.3 is 15.3 Å². The maximum atomic E-state index is 12.2. The van der Waals surface area contributed by atoms with Gasteiger partial charge in [0.25, 0.3) is 0 Å². The quantitative estimate of drug-likeness (QED) is 0.735.